The molecule has 0 atom stereocenters. The number of aromatic nitrogens is 3. The van der Waals surface area contributed by atoms with E-state index < -0.39 is 0 Å². The molecule has 0 amide bonds. The number of hydrogen-bond acceptors (Lipinski definition) is 5. The fourth-order valence-corrected chi connectivity index (χ4v) is 2.06. The van der Waals surface area contributed by atoms with Crippen LogP contribution in [0.5, 0.6) is 0 Å². The van der Waals surface area contributed by atoms with Gasteiger partial charge in [-0.1, -0.05) is 13.8 Å². The highest BCUT2D eigenvalue weighted by Gasteiger charge is 2.11. The molecule has 1 heterocycles. The molecule has 0 unspecified atom stereocenters. The van der Waals surface area contributed by atoms with Gasteiger partial charge in [0.25, 0.3) is 0 Å². The number of aliphatic hydroxyl groups is 1. The van der Waals surface area contributed by atoms with Crippen LogP contribution >= 0.6 is 12.2 Å². The van der Waals surface area contributed by atoms with Crippen molar-refractivity contribution in [3.05, 3.63) is 10.6 Å². The fourth-order valence-electron chi connectivity index (χ4n) is 1.85. The Bertz CT molecular complexity index is 514. The Hall–Kier alpha value is -1.23. The molecule has 0 aliphatic carbocycles. The highest BCUT2D eigenvalue weighted by atomic mass is 32.1. The van der Waals surface area contributed by atoms with Crippen molar-refractivity contribution < 1.29 is 5.11 Å². The number of nitrogens with zero attached hydrogens (tertiary/aromatic N) is 5. The number of nitriles is 1. The van der Waals surface area contributed by atoms with Gasteiger partial charge in [0.1, 0.15) is 6.61 Å². The van der Waals surface area contributed by atoms with E-state index in [2.05, 4.69) is 29.9 Å². The molecular weight excluding hydrogens is 274 g/mol. The molecule has 1 aromatic rings. The maximum Gasteiger partial charge on any atom is 0.198 e. The molecule has 0 bridgehead atoms. The highest BCUT2D eigenvalue weighted by Crippen LogP contribution is 2.06. The van der Waals surface area contributed by atoms with Gasteiger partial charge in [-0.3, -0.25) is 4.90 Å². The minimum atomic E-state index is -0.128. The van der Waals surface area contributed by atoms with E-state index in [0.717, 1.165) is 13.0 Å². The van der Waals surface area contributed by atoms with Gasteiger partial charge in [-0.25, -0.2) is 4.68 Å². The van der Waals surface area contributed by atoms with Crippen LogP contribution in [0.2, 0.25) is 0 Å². The Morgan fingerprint density at radius 2 is 2.15 bits per heavy atom. The second-order valence-electron chi connectivity index (χ2n) is 5.27. The van der Waals surface area contributed by atoms with Crippen molar-refractivity contribution in [1.82, 2.24) is 19.2 Å². The van der Waals surface area contributed by atoms with Gasteiger partial charge in [-0.15, -0.1) is 0 Å². The summed E-state index contributed by atoms with van der Waals surface area (Å²) in [5.74, 6) is 1.17. The van der Waals surface area contributed by atoms with E-state index in [0.29, 0.717) is 36.1 Å². The minimum Gasteiger partial charge on any atom is -0.388 e. The van der Waals surface area contributed by atoms with Gasteiger partial charge in [0.15, 0.2) is 10.6 Å². The Balaban J connectivity index is 2.78. The number of aliphatic hydroxyl groups excluding tert-OH is 1. The Kier molecular flexibility index (Phi) is 6.85. The molecule has 0 saturated carbocycles. The molecule has 0 radical (unpaired) electrons. The van der Waals surface area contributed by atoms with Crippen LogP contribution in [-0.4, -0.2) is 37.4 Å². The van der Waals surface area contributed by atoms with Crippen molar-refractivity contribution in [1.29, 1.82) is 5.26 Å². The summed E-state index contributed by atoms with van der Waals surface area (Å²) in [6.45, 7) is 6.40. The van der Waals surface area contributed by atoms with E-state index in [9.17, 15) is 5.11 Å². The van der Waals surface area contributed by atoms with Crippen LogP contribution in [0.1, 0.15) is 32.5 Å². The lowest BCUT2D eigenvalue weighted by molar-refractivity contribution is 0.197. The summed E-state index contributed by atoms with van der Waals surface area (Å²) in [7, 11) is 1.80. The summed E-state index contributed by atoms with van der Waals surface area (Å²) < 4.78 is 4.00. The van der Waals surface area contributed by atoms with Gasteiger partial charge in [0, 0.05) is 26.6 Å². The van der Waals surface area contributed by atoms with Crippen LogP contribution < -0.4 is 0 Å². The highest BCUT2D eigenvalue weighted by molar-refractivity contribution is 7.71. The largest absolute Gasteiger partial charge is 0.388 e. The van der Waals surface area contributed by atoms with Gasteiger partial charge in [-0.2, -0.15) is 10.4 Å². The van der Waals surface area contributed by atoms with E-state index in [4.69, 9.17) is 17.5 Å². The first-order chi connectivity index (χ1) is 9.49. The SMILES string of the molecule is CC(C)CCN(CCC#N)Cn1nc(CO)n(C)c1=S. The molecule has 20 heavy (non-hydrogen) atoms. The molecule has 0 aliphatic heterocycles. The first-order valence-electron chi connectivity index (χ1n) is 6.82. The third kappa shape index (κ3) is 4.71. The normalized spacial score (nSPS) is 11.2. The van der Waals surface area contributed by atoms with E-state index >= 15 is 0 Å². The molecule has 1 rings (SSSR count). The van der Waals surface area contributed by atoms with Gasteiger partial charge >= 0.3 is 0 Å². The second kappa shape index (κ2) is 8.15. The zero-order chi connectivity index (χ0) is 15.1. The summed E-state index contributed by atoms with van der Waals surface area (Å²) in [5, 5.41) is 22.3. The Morgan fingerprint density at radius 1 is 1.45 bits per heavy atom. The first kappa shape index (κ1) is 16.8. The van der Waals surface area contributed by atoms with Crippen LogP contribution in [0, 0.1) is 22.0 Å². The monoisotopic (exact) mass is 297 g/mol. The van der Waals surface area contributed by atoms with Gasteiger partial charge in [-0.05, 0) is 24.6 Å². The van der Waals surface area contributed by atoms with Crippen molar-refractivity contribution in [2.75, 3.05) is 13.1 Å². The summed E-state index contributed by atoms with van der Waals surface area (Å²) in [6, 6.07) is 2.17. The average Bonchev–Trinajstić information content (AvgIpc) is 2.69. The summed E-state index contributed by atoms with van der Waals surface area (Å²) >= 11 is 5.31. The van der Waals surface area contributed by atoms with Crippen molar-refractivity contribution >= 4 is 12.2 Å². The van der Waals surface area contributed by atoms with E-state index in [-0.39, 0.29) is 6.61 Å². The maximum atomic E-state index is 9.21. The van der Waals surface area contributed by atoms with E-state index in [1.54, 1.807) is 16.3 Å². The van der Waals surface area contributed by atoms with Crippen LogP contribution in [0.4, 0.5) is 0 Å². The molecule has 0 spiro atoms. The molecule has 1 aromatic heterocycles. The van der Waals surface area contributed by atoms with Gasteiger partial charge in [0.05, 0.1) is 12.7 Å². The summed E-state index contributed by atoms with van der Waals surface area (Å²) in [6.07, 6.45) is 1.56. The molecule has 0 aliphatic rings. The average molecular weight is 297 g/mol. The molecule has 6 nitrogen and oxygen atoms in total. The Morgan fingerprint density at radius 3 is 2.65 bits per heavy atom. The zero-order valence-corrected chi connectivity index (χ0v) is 13.2. The molecule has 1 N–H and O–H groups in total. The molecule has 0 saturated heterocycles. The number of hydrogen-bond donors (Lipinski definition) is 1. The maximum absolute atomic E-state index is 9.21. The van der Waals surface area contributed by atoms with Gasteiger partial charge in [0.2, 0.25) is 0 Å². The summed E-state index contributed by atoms with van der Waals surface area (Å²) in [5.41, 5.74) is 0. The van der Waals surface area contributed by atoms with Crippen molar-refractivity contribution in [3.63, 3.8) is 0 Å². The van der Waals surface area contributed by atoms with Crippen LogP contribution in [0.25, 0.3) is 0 Å². The fraction of sp³-hybridized carbons (Fsp3) is 0.769. The molecule has 112 valence electrons. The lowest BCUT2D eigenvalue weighted by Crippen LogP contribution is -2.30. The van der Waals surface area contributed by atoms with Crippen molar-refractivity contribution in [2.45, 2.75) is 40.0 Å². The minimum absolute atomic E-state index is 0.128. The molecule has 0 aromatic carbocycles. The zero-order valence-electron chi connectivity index (χ0n) is 12.4. The van der Waals surface area contributed by atoms with Crippen LogP contribution in [0.15, 0.2) is 0 Å². The number of rotatable bonds is 8. The molecular formula is C13H23N5OS. The van der Waals surface area contributed by atoms with Crippen molar-refractivity contribution in [3.8, 4) is 6.07 Å². The predicted molar refractivity (Wildman–Crippen MR) is 79.2 cm³/mol. The van der Waals surface area contributed by atoms with Crippen LogP contribution in [0.3, 0.4) is 0 Å². The smallest absolute Gasteiger partial charge is 0.198 e. The standard InChI is InChI=1S/C13H23N5OS/c1-11(2)5-8-17(7-4-6-14)10-18-13(20)16(3)12(9-19)15-18/h11,19H,4-5,7-10H2,1-3H3. The topological polar surface area (TPSA) is 70.0 Å². The van der Waals surface area contributed by atoms with Crippen molar-refractivity contribution in [2.24, 2.45) is 13.0 Å². The third-order valence-electron chi connectivity index (χ3n) is 3.17. The molecule has 0 fully saturated rings. The lowest BCUT2D eigenvalue weighted by Gasteiger charge is -2.21. The predicted octanol–water partition coefficient (Wildman–Crippen LogP) is 1.66. The van der Waals surface area contributed by atoms with Gasteiger partial charge < -0.3 is 9.67 Å². The first-order valence-corrected chi connectivity index (χ1v) is 7.23. The quantitative estimate of drug-likeness (QED) is 0.739. The summed E-state index contributed by atoms with van der Waals surface area (Å²) in [4.78, 5) is 2.17. The van der Waals surface area contributed by atoms with E-state index in [1.807, 2.05) is 0 Å². The van der Waals surface area contributed by atoms with E-state index in [1.165, 1.54) is 0 Å². The lowest BCUT2D eigenvalue weighted by atomic mass is 10.1. The second-order valence-corrected chi connectivity index (χ2v) is 5.63. The van der Waals surface area contributed by atoms with Crippen LogP contribution in [-0.2, 0) is 20.3 Å². The molecule has 7 heteroatoms. The Labute approximate surface area is 125 Å². The third-order valence-corrected chi connectivity index (χ3v) is 3.65.